The summed E-state index contributed by atoms with van der Waals surface area (Å²) in [4.78, 5) is 41.0. The largest absolute Gasteiger partial charge is 0.489 e. The van der Waals surface area contributed by atoms with Crippen LogP contribution in [0.5, 0.6) is 11.5 Å². The van der Waals surface area contributed by atoms with Crippen LogP contribution in [0.1, 0.15) is 53.5 Å². The molecule has 4 atom stereocenters. The van der Waals surface area contributed by atoms with Gasteiger partial charge in [0.15, 0.2) is 0 Å². The zero-order chi connectivity index (χ0) is 41.1. The molecule has 9 nitrogen and oxygen atoms in total. The Bertz CT molecular complexity index is 2060. The second kappa shape index (κ2) is 22.7. The first-order chi connectivity index (χ1) is 28.9. The maximum Gasteiger partial charge on any atom is 0.309 e. The summed E-state index contributed by atoms with van der Waals surface area (Å²) in [5.74, 6) is -0.526. The van der Waals surface area contributed by atoms with Crippen molar-refractivity contribution in [2.24, 2.45) is 11.8 Å². The number of esters is 1. The standard InChI is InChI=1S/C50H54N2O7/c53-33-44(30-38-21-25-46(26-22-38)57-34-40-15-7-2-8-16-40)51-48(54)32-42-19-11-4-12-20-43(29-37-13-5-1-6-14-37)50(56)59-36-45(52-49(42)55)31-39-23-27-47(28-24-39)58-35-41-17-9-3-10-18-41/h1-11,13-18,21-28,42-45,53H,12,19-20,29-36H2,(H,51,54)(H,52,55)/t42-,43-,44+,45+/m1/s1. The van der Waals surface area contributed by atoms with Crippen molar-refractivity contribution in [3.8, 4) is 11.5 Å². The van der Waals surface area contributed by atoms with Crippen LogP contribution >= 0.6 is 0 Å². The molecule has 306 valence electrons. The fourth-order valence-corrected chi connectivity index (χ4v) is 7.10. The lowest BCUT2D eigenvalue weighted by Crippen LogP contribution is -2.45. The average Bonchev–Trinajstić information content (AvgIpc) is 3.28. The number of hydrogen-bond donors (Lipinski definition) is 3. The number of allylic oxidation sites excluding steroid dienone is 2. The smallest absolute Gasteiger partial charge is 0.309 e. The van der Waals surface area contributed by atoms with Crippen LogP contribution in [0.2, 0.25) is 0 Å². The fourth-order valence-electron chi connectivity index (χ4n) is 7.10. The number of aliphatic hydroxyl groups is 1. The zero-order valence-electron chi connectivity index (χ0n) is 33.4. The van der Waals surface area contributed by atoms with E-state index < -0.39 is 18.0 Å². The van der Waals surface area contributed by atoms with Crippen LogP contribution in [-0.2, 0) is 51.6 Å². The molecule has 3 N–H and O–H groups in total. The van der Waals surface area contributed by atoms with Crippen LogP contribution in [0.3, 0.4) is 0 Å². The summed E-state index contributed by atoms with van der Waals surface area (Å²) >= 11 is 0. The minimum absolute atomic E-state index is 0.0167. The number of carbonyl (C=O) groups is 3. The summed E-state index contributed by atoms with van der Waals surface area (Å²) in [6.45, 7) is 0.622. The summed E-state index contributed by atoms with van der Waals surface area (Å²) in [7, 11) is 0. The van der Waals surface area contributed by atoms with Crippen molar-refractivity contribution in [3.05, 3.63) is 179 Å². The van der Waals surface area contributed by atoms with Crippen molar-refractivity contribution in [1.29, 1.82) is 0 Å². The van der Waals surface area contributed by atoms with Crippen molar-refractivity contribution < 1.29 is 33.7 Å². The number of carbonyl (C=O) groups excluding carboxylic acids is 3. The van der Waals surface area contributed by atoms with Gasteiger partial charge in [-0.1, -0.05) is 127 Å². The first-order valence-electron chi connectivity index (χ1n) is 20.5. The number of amides is 2. The first kappa shape index (κ1) is 42.4. The van der Waals surface area contributed by atoms with E-state index in [4.69, 9.17) is 14.2 Å². The molecule has 0 unspecified atom stereocenters. The van der Waals surface area contributed by atoms with E-state index in [2.05, 4.69) is 10.6 Å². The van der Waals surface area contributed by atoms with Crippen LogP contribution in [0.15, 0.2) is 152 Å². The van der Waals surface area contributed by atoms with Crippen LogP contribution < -0.4 is 20.1 Å². The Morgan fingerprint density at radius 3 is 1.80 bits per heavy atom. The molecule has 0 bridgehead atoms. The molecule has 0 aliphatic carbocycles. The molecular formula is C50H54N2O7. The molecule has 59 heavy (non-hydrogen) atoms. The van der Waals surface area contributed by atoms with Crippen molar-refractivity contribution >= 4 is 17.8 Å². The Kier molecular flexibility index (Phi) is 16.3. The van der Waals surface area contributed by atoms with E-state index in [9.17, 15) is 19.5 Å². The topological polar surface area (TPSA) is 123 Å². The van der Waals surface area contributed by atoms with Gasteiger partial charge in [-0.15, -0.1) is 0 Å². The molecule has 1 aliphatic rings. The molecule has 0 aromatic heterocycles. The molecule has 5 aromatic carbocycles. The second-order valence-corrected chi connectivity index (χ2v) is 15.1. The van der Waals surface area contributed by atoms with Gasteiger partial charge in [-0.2, -0.15) is 0 Å². The number of aliphatic hydroxyl groups excluding tert-OH is 1. The van der Waals surface area contributed by atoms with Gasteiger partial charge in [-0.3, -0.25) is 14.4 Å². The lowest BCUT2D eigenvalue weighted by atomic mass is 9.94. The van der Waals surface area contributed by atoms with Crippen LogP contribution in [-0.4, -0.2) is 48.2 Å². The van der Waals surface area contributed by atoms with Gasteiger partial charge >= 0.3 is 5.97 Å². The molecule has 0 fully saturated rings. The van der Waals surface area contributed by atoms with Crippen molar-refractivity contribution in [3.63, 3.8) is 0 Å². The fraction of sp³-hybridized carbons (Fsp3) is 0.300. The average molecular weight is 795 g/mol. The summed E-state index contributed by atoms with van der Waals surface area (Å²) in [5.41, 5.74) is 5.05. The van der Waals surface area contributed by atoms with Gasteiger partial charge in [0.2, 0.25) is 11.8 Å². The van der Waals surface area contributed by atoms with E-state index in [0.29, 0.717) is 51.7 Å². The monoisotopic (exact) mass is 794 g/mol. The lowest BCUT2D eigenvalue weighted by Gasteiger charge is -2.24. The van der Waals surface area contributed by atoms with Gasteiger partial charge in [-0.05, 0) is 90.6 Å². The van der Waals surface area contributed by atoms with E-state index in [1.807, 2.05) is 152 Å². The Balaban J connectivity index is 1.09. The Morgan fingerprint density at radius 1 is 0.678 bits per heavy atom. The molecule has 6 rings (SSSR count). The van der Waals surface area contributed by atoms with Gasteiger partial charge in [0.25, 0.3) is 0 Å². The Hall–Kier alpha value is -6.19. The molecule has 5 aromatic rings. The van der Waals surface area contributed by atoms with E-state index in [1.54, 1.807) is 0 Å². The number of ether oxygens (including phenoxy) is 3. The van der Waals surface area contributed by atoms with E-state index in [0.717, 1.165) is 39.3 Å². The third-order valence-electron chi connectivity index (χ3n) is 10.4. The van der Waals surface area contributed by atoms with Crippen LogP contribution in [0.25, 0.3) is 0 Å². The minimum atomic E-state index is -0.681. The van der Waals surface area contributed by atoms with E-state index in [1.165, 1.54) is 0 Å². The zero-order valence-corrected chi connectivity index (χ0v) is 33.4. The third kappa shape index (κ3) is 14.3. The highest BCUT2D eigenvalue weighted by molar-refractivity contribution is 5.86. The van der Waals surface area contributed by atoms with Gasteiger partial charge < -0.3 is 30.0 Å². The summed E-state index contributed by atoms with van der Waals surface area (Å²) in [6, 6.07) is 44.0. The molecule has 0 radical (unpaired) electrons. The highest BCUT2D eigenvalue weighted by atomic mass is 16.5. The Labute approximate surface area is 347 Å². The molecule has 1 aliphatic heterocycles. The highest BCUT2D eigenvalue weighted by Crippen LogP contribution is 2.21. The predicted molar refractivity (Wildman–Crippen MR) is 228 cm³/mol. The number of rotatable bonds is 16. The molecule has 1 heterocycles. The van der Waals surface area contributed by atoms with E-state index >= 15 is 0 Å². The quantitative estimate of drug-likeness (QED) is 0.0690. The number of benzene rings is 5. The maximum absolute atomic E-state index is 14.0. The predicted octanol–water partition coefficient (Wildman–Crippen LogP) is 7.74. The van der Waals surface area contributed by atoms with Gasteiger partial charge in [0, 0.05) is 6.42 Å². The van der Waals surface area contributed by atoms with Crippen LogP contribution in [0, 0.1) is 11.8 Å². The first-order valence-corrected chi connectivity index (χ1v) is 20.5. The lowest BCUT2D eigenvalue weighted by molar-refractivity contribution is -0.150. The Morgan fingerprint density at radius 2 is 1.22 bits per heavy atom. The normalized spacial score (nSPS) is 17.9. The van der Waals surface area contributed by atoms with Crippen molar-refractivity contribution in [1.82, 2.24) is 10.6 Å². The van der Waals surface area contributed by atoms with Gasteiger partial charge in [-0.25, -0.2) is 0 Å². The second-order valence-electron chi connectivity index (χ2n) is 15.1. The molecular weight excluding hydrogens is 741 g/mol. The van der Waals surface area contributed by atoms with E-state index in [-0.39, 0.29) is 43.3 Å². The molecule has 9 heteroatoms. The van der Waals surface area contributed by atoms with Crippen molar-refractivity contribution in [2.45, 2.75) is 70.2 Å². The number of cyclic esters (lactones) is 1. The molecule has 0 saturated carbocycles. The summed E-state index contributed by atoms with van der Waals surface area (Å²) in [5, 5.41) is 16.3. The van der Waals surface area contributed by atoms with Gasteiger partial charge in [0.05, 0.1) is 30.5 Å². The highest BCUT2D eigenvalue weighted by Gasteiger charge is 2.27. The number of hydrogen-bond acceptors (Lipinski definition) is 7. The third-order valence-corrected chi connectivity index (χ3v) is 10.4. The summed E-state index contributed by atoms with van der Waals surface area (Å²) in [6.07, 6.45) is 6.74. The van der Waals surface area contributed by atoms with Gasteiger partial charge in [0.1, 0.15) is 31.3 Å². The molecule has 2 amide bonds. The molecule has 0 spiro atoms. The van der Waals surface area contributed by atoms with Crippen LogP contribution in [0.4, 0.5) is 0 Å². The SMILES string of the molecule is O=C(C[C@H]1CC=CCC[C@H](Cc2ccccc2)C(=O)OC[C@H](Cc2ccc(OCc3ccccc3)cc2)NC1=O)N[C@H](CO)Cc1ccc(OCc2ccccc2)cc1. The summed E-state index contributed by atoms with van der Waals surface area (Å²) < 4.78 is 17.8. The van der Waals surface area contributed by atoms with Crippen molar-refractivity contribution in [2.75, 3.05) is 13.2 Å². The number of nitrogens with one attached hydrogen (secondary N) is 2. The maximum atomic E-state index is 14.0. The minimum Gasteiger partial charge on any atom is -0.489 e. The molecule has 0 saturated heterocycles.